The number of methoxy groups -OCH3 is 1. The van der Waals surface area contributed by atoms with E-state index in [9.17, 15) is 0 Å². The van der Waals surface area contributed by atoms with Gasteiger partial charge in [0.25, 0.3) is 0 Å². The van der Waals surface area contributed by atoms with Crippen LogP contribution in [0.4, 0.5) is 0 Å². The number of rotatable bonds is 8. The summed E-state index contributed by atoms with van der Waals surface area (Å²) in [5.74, 6) is 2.47. The van der Waals surface area contributed by atoms with E-state index in [0.29, 0.717) is 13.2 Å². The van der Waals surface area contributed by atoms with Crippen LogP contribution in [0.3, 0.4) is 0 Å². The monoisotopic (exact) mass is 323 g/mol. The summed E-state index contributed by atoms with van der Waals surface area (Å²) in [5.41, 5.74) is 0.910. The van der Waals surface area contributed by atoms with E-state index in [4.69, 9.17) is 14.2 Å². The van der Waals surface area contributed by atoms with E-state index < -0.39 is 0 Å². The predicted octanol–water partition coefficient (Wildman–Crippen LogP) is 4.48. The molecule has 4 nitrogen and oxygen atoms in total. The third-order valence-electron chi connectivity index (χ3n) is 3.70. The highest BCUT2D eigenvalue weighted by atomic mass is 16.5. The molecule has 0 aliphatic heterocycles. The second kappa shape index (κ2) is 8.20. The lowest BCUT2D eigenvalue weighted by Crippen LogP contribution is -2.03. The summed E-state index contributed by atoms with van der Waals surface area (Å²) in [6.07, 6.45) is 3.64. The van der Waals surface area contributed by atoms with Crippen LogP contribution >= 0.6 is 0 Å². The third kappa shape index (κ3) is 4.16. The van der Waals surface area contributed by atoms with Crippen LogP contribution in [-0.4, -0.2) is 25.3 Å². The van der Waals surface area contributed by atoms with E-state index in [0.717, 1.165) is 41.0 Å². The van der Waals surface area contributed by atoms with Crippen LogP contribution in [0.2, 0.25) is 0 Å². The Kier molecular flexibility index (Phi) is 5.51. The zero-order valence-electron chi connectivity index (χ0n) is 13.8. The van der Waals surface area contributed by atoms with Gasteiger partial charge in [0.15, 0.2) is 0 Å². The van der Waals surface area contributed by atoms with Gasteiger partial charge in [-0.2, -0.15) is 0 Å². The molecule has 4 heteroatoms. The Morgan fingerprint density at radius 1 is 0.833 bits per heavy atom. The second-order valence-corrected chi connectivity index (χ2v) is 5.41. The molecular weight excluding hydrogens is 302 g/mol. The van der Waals surface area contributed by atoms with Crippen molar-refractivity contribution in [1.29, 1.82) is 0 Å². The van der Waals surface area contributed by atoms with Gasteiger partial charge in [0, 0.05) is 17.6 Å². The lowest BCUT2D eigenvalue weighted by Gasteiger charge is -2.09. The first-order valence-electron chi connectivity index (χ1n) is 8.10. The average molecular weight is 323 g/mol. The van der Waals surface area contributed by atoms with Crippen molar-refractivity contribution in [3.8, 4) is 17.2 Å². The Hall–Kier alpha value is -2.75. The van der Waals surface area contributed by atoms with Gasteiger partial charge in [0.1, 0.15) is 22.8 Å². The molecule has 0 N–H and O–H groups in total. The molecule has 0 fully saturated rings. The largest absolute Gasteiger partial charge is 0.497 e. The number of para-hydroxylation sites is 1. The van der Waals surface area contributed by atoms with Crippen molar-refractivity contribution in [3.05, 3.63) is 60.8 Å². The van der Waals surface area contributed by atoms with E-state index in [1.807, 2.05) is 54.6 Å². The third-order valence-corrected chi connectivity index (χ3v) is 3.70. The predicted molar refractivity (Wildman–Crippen MR) is 95.0 cm³/mol. The Morgan fingerprint density at radius 3 is 2.46 bits per heavy atom. The van der Waals surface area contributed by atoms with E-state index in [1.54, 1.807) is 13.3 Å². The highest BCUT2D eigenvalue weighted by molar-refractivity contribution is 5.84. The first kappa shape index (κ1) is 16.1. The maximum absolute atomic E-state index is 5.87. The van der Waals surface area contributed by atoms with Crippen LogP contribution in [0.1, 0.15) is 12.8 Å². The fraction of sp³-hybridized carbons (Fsp3) is 0.250. The number of aromatic nitrogens is 1. The number of unbranched alkanes of at least 4 members (excludes halogenated alkanes) is 1. The molecule has 0 saturated carbocycles. The first-order valence-corrected chi connectivity index (χ1v) is 8.10. The molecule has 2 aromatic carbocycles. The molecule has 0 atom stereocenters. The number of hydrogen-bond acceptors (Lipinski definition) is 4. The molecule has 0 aliphatic carbocycles. The van der Waals surface area contributed by atoms with Crippen molar-refractivity contribution in [3.63, 3.8) is 0 Å². The van der Waals surface area contributed by atoms with Gasteiger partial charge in [-0.1, -0.05) is 24.3 Å². The summed E-state index contributed by atoms with van der Waals surface area (Å²) in [5, 5.41) is 1.09. The highest BCUT2D eigenvalue weighted by Crippen LogP contribution is 2.23. The Bertz CT molecular complexity index is 783. The zero-order valence-corrected chi connectivity index (χ0v) is 13.8. The topological polar surface area (TPSA) is 40.6 Å². The maximum Gasteiger partial charge on any atom is 0.145 e. The summed E-state index contributed by atoms with van der Waals surface area (Å²) in [7, 11) is 1.65. The molecule has 0 radical (unpaired) electrons. The number of benzene rings is 2. The quantitative estimate of drug-likeness (QED) is 0.573. The molecule has 0 saturated heterocycles. The summed E-state index contributed by atoms with van der Waals surface area (Å²) in [6.45, 7) is 1.31. The van der Waals surface area contributed by atoms with Crippen LogP contribution in [0.25, 0.3) is 10.9 Å². The molecular formula is C20H21NO3. The number of nitrogens with zero attached hydrogens (tertiary/aromatic N) is 1. The van der Waals surface area contributed by atoms with Crippen molar-refractivity contribution in [2.45, 2.75) is 12.8 Å². The SMILES string of the molecule is COc1cccc(OCCCCOc2cccc3cccnc23)c1. The van der Waals surface area contributed by atoms with Crippen molar-refractivity contribution in [1.82, 2.24) is 4.98 Å². The first-order chi connectivity index (χ1) is 11.9. The fourth-order valence-electron chi connectivity index (χ4n) is 2.46. The molecule has 1 aromatic heterocycles. The van der Waals surface area contributed by atoms with E-state index in [2.05, 4.69) is 4.98 Å². The Labute approximate surface area is 142 Å². The van der Waals surface area contributed by atoms with Crippen LogP contribution in [-0.2, 0) is 0 Å². The van der Waals surface area contributed by atoms with Gasteiger partial charge in [-0.3, -0.25) is 4.98 Å². The Balaban J connectivity index is 1.42. The molecule has 3 aromatic rings. The van der Waals surface area contributed by atoms with E-state index in [1.165, 1.54) is 0 Å². The lowest BCUT2D eigenvalue weighted by atomic mass is 10.2. The number of fused-ring (bicyclic) bond motifs is 1. The van der Waals surface area contributed by atoms with Crippen molar-refractivity contribution >= 4 is 10.9 Å². The van der Waals surface area contributed by atoms with Gasteiger partial charge >= 0.3 is 0 Å². The molecule has 0 unspecified atom stereocenters. The second-order valence-electron chi connectivity index (χ2n) is 5.41. The molecule has 0 spiro atoms. The average Bonchev–Trinajstić information content (AvgIpc) is 2.65. The smallest absolute Gasteiger partial charge is 0.145 e. The summed E-state index contributed by atoms with van der Waals surface area (Å²) < 4.78 is 16.8. The lowest BCUT2D eigenvalue weighted by molar-refractivity contribution is 0.267. The van der Waals surface area contributed by atoms with Crippen LogP contribution in [0, 0.1) is 0 Å². The van der Waals surface area contributed by atoms with Gasteiger partial charge in [-0.15, -0.1) is 0 Å². The minimum atomic E-state index is 0.650. The molecule has 1 heterocycles. The highest BCUT2D eigenvalue weighted by Gasteiger charge is 2.02. The fourth-order valence-corrected chi connectivity index (χ4v) is 2.46. The van der Waals surface area contributed by atoms with Crippen LogP contribution < -0.4 is 14.2 Å². The molecule has 0 amide bonds. The summed E-state index contributed by atoms with van der Waals surface area (Å²) in [6, 6.07) is 17.6. The standard InChI is InChI=1S/C20H21NO3/c1-22-17-9-5-10-18(15-17)23-13-2-3-14-24-19-11-4-7-16-8-6-12-21-20(16)19/h4-12,15H,2-3,13-14H2,1H3. The van der Waals surface area contributed by atoms with Crippen molar-refractivity contribution < 1.29 is 14.2 Å². The number of pyridine rings is 1. The summed E-state index contributed by atoms with van der Waals surface area (Å²) in [4.78, 5) is 4.39. The van der Waals surface area contributed by atoms with Crippen molar-refractivity contribution in [2.75, 3.05) is 20.3 Å². The number of ether oxygens (including phenoxy) is 3. The molecule has 3 rings (SSSR count). The minimum absolute atomic E-state index is 0.650. The van der Waals surface area contributed by atoms with Gasteiger partial charge in [-0.25, -0.2) is 0 Å². The molecule has 124 valence electrons. The molecule has 24 heavy (non-hydrogen) atoms. The zero-order chi connectivity index (χ0) is 16.6. The van der Waals surface area contributed by atoms with E-state index >= 15 is 0 Å². The van der Waals surface area contributed by atoms with Crippen LogP contribution in [0.15, 0.2) is 60.8 Å². The normalized spacial score (nSPS) is 10.5. The van der Waals surface area contributed by atoms with Gasteiger partial charge in [-0.05, 0) is 37.1 Å². The maximum atomic E-state index is 5.87. The minimum Gasteiger partial charge on any atom is -0.497 e. The summed E-state index contributed by atoms with van der Waals surface area (Å²) >= 11 is 0. The van der Waals surface area contributed by atoms with Crippen molar-refractivity contribution in [2.24, 2.45) is 0 Å². The Morgan fingerprint density at radius 2 is 1.58 bits per heavy atom. The van der Waals surface area contributed by atoms with Gasteiger partial charge < -0.3 is 14.2 Å². The van der Waals surface area contributed by atoms with E-state index in [-0.39, 0.29) is 0 Å². The molecule has 0 bridgehead atoms. The number of hydrogen-bond donors (Lipinski definition) is 0. The van der Waals surface area contributed by atoms with Gasteiger partial charge in [0.05, 0.1) is 20.3 Å². The van der Waals surface area contributed by atoms with Gasteiger partial charge in [0.2, 0.25) is 0 Å². The molecule has 0 aliphatic rings. The van der Waals surface area contributed by atoms with Crippen LogP contribution in [0.5, 0.6) is 17.2 Å².